The predicted molar refractivity (Wildman–Crippen MR) is 96.1 cm³/mol. The Labute approximate surface area is 153 Å². The Morgan fingerprint density at radius 2 is 1.92 bits per heavy atom. The number of likely N-dealkylation sites (tertiary alicyclic amines) is 1. The Morgan fingerprint density at radius 3 is 2.62 bits per heavy atom. The number of carbonyl (C=O) groups is 1. The second kappa shape index (κ2) is 7.16. The van der Waals surface area contributed by atoms with Crippen LogP contribution in [0.4, 0.5) is 4.39 Å². The van der Waals surface area contributed by atoms with Crippen molar-refractivity contribution in [3.63, 3.8) is 0 Å². The number of pyridine rings is 1. The van der Waals surface area contributed by atoms with Gasteiger partial charge in [0.2, 0.25) is 5.91 Å². The number of aromatic nitrogens is 1. The third-order valence-electron chi connectivity index (χ3n) is 5.70. The second-order valence-corrected chi connectivity index (χ2v) is 7.11. The number of hydrogen-bond donors (Lipinski definition) is 0. The van der Waals surface area contributed by atoms with E-state index in [1.807, 2.05) is 23.1 Å². The molecule has 0 N–H and O–H groups in total. The Kier molecular flexibility index (Phi) is 4.72. The molecule has 1 aromatic carbocycles. The van der Waals surface area contributed by atoms with Crippen LogP contribution >= 0.6 is 0 Å². The van der Waals surface area contributed by atoms with Crippen LogP contribution < -0.4 is 0 Å². The van der Waals surface area contributed by atoms with Gasteiger partial charge in [0.15, 0.2) is 0 Å². The Bertz CT molecular complexity index is 757. The Hall–Kier alpha value is -2.27. The highest BCUT2D eigenvalue weighted by Crippen LogP contribution is 2.41. The van der Waals surface area contributed by atoms with E-state index in [1.165, 1.54) is 12.1 Å². The van der Waals surface area contributed by atoms with Crippen molar-refractivity contribution < 1.29 is 13.9 Å². The first-order valence-electron chi connectivity index (χ1n) is 9.26. The van der Waals surface area contributed by atoms with E-state index >= 15 is 0 Å². The highest BCUT2D eigenvalue weighted by Gasteiger charge is 2.46. The van der Waals surface area contributed by atoms with Crippen LogP contribution in [0.15, 0.2) is 48.7 Å². The van der Waals surface area contributed by atoms with Crippen LogP contribution in [0.5, 0.6) is 0 Å². The van der Waals surface area contributed by atoms with E-state index in [4.69, 9.17) is 4.74 Å². The highest BCUT2D eigenvalue weighted by molar-refractivity contribution is 5.89. The molecule has 2 aromatic rings. The van der Waals surface area contributed by atoms with Crippen molar-refractivity contribution in [2.45, 2.75) is 37.1 Å². The van der Waals surface area contributed by atoms with Gasteiger partial charge in [-0.05, 0) is 55.5 Å². The summed E-state index contributed by atoms with van der Waals surface area (Å²) in [5, 5.41) is 0. The van der Waals surface area contributed by atoms with Crippen molar-refractivity contribution >= 4 is 5.91 Å². The molecule has 1 aromatic heterocycles. The molecule has 0 spiro atoms. The fourth-order valence-corrected chi connectivity index (χ4v) is 4.28. The van der Waals surface area contributed by atoms with Crippen molar-refractivity contribution in [1.29, 1.82) is 0 Å². The average Bonchev–Trinajstić information content (AvgIpc) is 3.19. The van der Waals surface area contributed by atoms with Crippen molar-refractivity contribution in [3.05, 3.63) is 65.7 Å². The van der Waals surface area contributed by atoms with Crippen LogP contribution in [-0.4, -0.2) is 35.5 Å². The molecule has 26 heavy (non-hydrogen) atoms. The van der Waals surface area contributed by atoms with Crippen LogP contribution in [0.3, 0.4) is 0 Å². The standard InChI is InChI=1S/C21H23FN2O2/c22-17-8-6-16(7-9-17)21(10-14-26-15-11-21)20(25)24-13-3-5-19(24)18-4-1-2-12-23-18/h1-2,4,6-9,12,19H,3,5,10-11,13-15H2/t19-/m1/s1. The van der Waals surface area contributed by atoms with Gasteiger partial charge in [-0.25, -0.2) is 4.39 Å². The third kappa shape index (κ3) is 3.01. The van der Waals surface area contributed by atoms with Gasteiger partial charge in [0.1, 0.15) is 5.82 Å². The molecule has 0 saturated carbocycles. The fourth-order valence-electron chi connectivity index (χ4n) is 4.28. The smallest absolute Gasteiger partial charge is 0.233 e. The van der Waals surface area contributed by atoms with Crippen LogP contribution in [0.1, 0.15) is 43.0 Å². The van der Waals surface area contributed by atoms with Crippen LogP contribution in [0.25, 0.3) is 0 Å². The lowest BCUT2D eigenvalue weighted by atomic mass is 9.72. The molecule has 4 nitrogen and oxygen atoms in total. The zero-order valence-electron chi connectivity index (χ0n) is 14.7. The minimum Gasteiger partial charge on any atom is -0.381 e. The van der Waals surface area contributed by atoms with Crippen molar-refractivity contribution in [2.75, 3.05) is 19.8 Å². The second-order valence-electron chi connectivity index (χ2n) is 7.11. The first kappa shape index (κ1) is 17.2. The molecule has 0 aliphatic carbocycles. The van der Waals surface area contributed by atoms with Crippen LogP contribution in [0, 0.1) is 5.82 Å². The van der Waals surface area contributed by atoms with E-state index in [0.29, 0.717) is 26.1 Å². The SMILES string of the molecule is O=C(N1CCC[C@@H]1c1ccccn1)C1(c2ccc(F)cc2)CCOCC1. The summed E-state index contributed by atoms with van der Waals surface area (Å²) in [5.41, 5.74) is 1.20. The van der Waals surface area contributed by atoms with Crippen molar-refractivity contribution in [2.24, 2.45) is 0 Å². The Morgan fingerprint density at radius 1 is 1.15 bits per heavy atom. The molecule has 2 aliphatic rings. The van der Waals surface area contributed by atoms with Gasteiger partial charge in [-0.2, -0.15) is 0 Å². The molecule has 0 unspecified atom stereocenters. The number of benzene rings is 1. The highest BCUT2D eigenvalue weighted by atomic mass is 19.1. The van der Waals surface area contributed by atoms with Gasteiger partial charge in [0.25, 0.3) is 0 Å². The molecule has 3 heterocycles. The van der Waals surface area contributed by atoms with E-state index in [9.17, 15) is 9.18 Å². The lowest BCUT2D eigenvalue weighted by Gasteiger charge is -2.40. The summed E-state index contributed by atoms with van der Waals surface area (Å²) in [6.45, 7) is 1.83. The lowest BCUT2D eigenvalue weighted by molar-refractivity contribution is -0.142. The molecule has 2 fully saturated rings. The van der Waals surface area contributed by atoms with Gasteiger partial charge in [-0.15, -0.1) is 0 Å². The quantitative estimate of drug-likeness (QED) is 0.845. The monoisotopic (exact) mass is 354 g/mol. The molecule has 2 aliphatic heterocycles. The molecule has 1 atom stereocenters. The molecule has 4 rings (SSSR count). The summed E-state index contributed by atoms with van der Waals surface area (Å²) >= 11 is 0. The lowest BCUT2D eigenvalue weighted by Crippen LogP contribution is -2.49. The molecule has 2 saturated heterocycles. The number of rotatable bonds is 3. The number of nitrogens with zero attached hydrogens (tertiary/aromatic N) is 2. The summed E-state index contributed by atoms with van der Waals surface area (Å²) in [6, 6.07) is 12.3. The van der Waals surface area contributed by atoms with Crippen molar-refractivity contribution in [3.8, 4) is 0 Å². The van der Waals surface area contributed by atoms with Crippen LogP contribution in [-0.2, 0) is 14.9 Å². The first-order chi connectivity index (χ1) is 12.7. The first-order valence-corrected chi connectivity index (χ1v) is 9.26. The maximum absolute atomic E-state index is 13.7. The topological polar surface area (TPSA) is 42.4 Å². The minimum absolute atomic E-state index is 0.0175. The number of halogens is 1. The maximum Gasteiger partial charge on any atom is 0.233 e. The summed E-state index contributed by atoms with van der Waals surface area (Å²) in [7, 11) is 0. The zero-order valence-corrected chi connectivity index (χ0v) is 14.7. The average molecular weight is 354 g/mol. The van der Waals surface area contributed by atoms with Gasteiger partial charge in [-0.3, -0.25) is 9.78 Å². The fraction of sp³-hybridized carbons (Fsp3) is 0.429. The largest absolute Gasteiger partial charge is 0.381 e. The molecule has 5 heteroatoms. The molecule has 0 radical (unpaired) electrons. The Balaban J connectivity index is 1.69. The van der Waals surface area contributed by atoms with E-state index in [2.05, 4.69) is 4.98 Å². The summed E-state index contributed by atoms with van der Waals surface area (Å²) in [4.78, 5) is 20.2. The third-order valence-corrected chi connectivity index (χ3v) is 5.70. The van der Waals surface area contributed by atoms with Crippen molar-refractivity contribution in [1.82, 2.24) is 9.88 Å². The van der Waals surface area contributed by atoms with Gasteiger partial charge < -0.3 is 9.64 Å². The van der Waals surface area contributed by atoms with E-state index in [0.717, 1.165) is 30.6 Å². The van der Waals surface area contributed by atoms with Crippen LogP contribution in [0.2, 0.25) is 0 Å². The van der Waals surface area contributed by atoms with E-state index in [1.54, 1.807) is 18.3 Å². The molecule has 136 valence electrons. The van der Waals surface area contributed by atoms with Gasteiger partial charge in [0, 0.05) is 26.0 Å². The molecule has 1 amide bonds. The van der Waals surface area contributed by atoms with Gasteiger partial charge in [0.05, 0.1) is 17.2 Å². The van der Waals surface area contributed by atoms with E-state index in [-0.39, 0.29) is 17.8 Å². The predicted octanol–water partition coefficient (Wildman–Crippen LogP) is 3.63. The number of amides is 1. The summed E-state index contributed by atoms with van der Waals surface area (Å²) in [6.07, 6.45) is 4.94. The minimum atomic E-state index is -0.636. The summed E-state index contributed by atoms with van der Waals surface area (Å²) < 4.78 is 19.0. The zero-order chi connectivity index (χ0) is 18.0. The van der Waals surface area contributed by atoms with Gasteiger partial charge >= 0.3 is 0 Å². The molecular weight excluding hydrogens is 331 g/mol. The number of ether oxygens (including phenoxy) is 1. The molecule has 0 bridgehead atoms. The maximum atomic E-state index is 13.7. The number of hydrogen-bond acceptors (Lipinski definition) is 3. The summed E-state index contributed by atoms with van der Waals surface area (Å²) in [5.74, 6) is -0.156. The van der Waals surface area contributed by atoms with E-state index < -0.39 is 5.41 Å². The molecular formula is C21H23FN2O2. The number of carbonyl (C=O) groups excluding carboxylic acids is 1. The normalized spacial score (nSPS) is 22.3. The van der Waals surface area contributed by atoms with Gasteiger partial charge in [-0.1, -0.05) is 18.2 Å².